The number of carbonyl (C=O) groups is 1. The van der Waals surface area contributed by atoms with Crippen LogP contribution in [0.2, 0.25) is 10.0 Å². The van der Waals surface area contributed by atoms with Gasteiger partial charge in [0.25, 0.3) is 5.91 Å². The number of aromatic nitrogens is 4. The predicted octanol–water partition coefficient (Wildman–Crippen LogP) is 5.51. The molecule has 4 aromatic rings. The standard InChI is InChI=1S/C20H17Cl2N5OS/c1-11-19(12(2)26(3)24-11)23-20(28)16-10-17(18-5-4-6-29-18)27(25-16)15-8-13(21)7-14(22)9-15/h4-10H,1-3H3,(H,23,28). The Morgan fingerprint density at radius 3 is 2.41 bits per heavy atom. The van der Waals surface area contributed by atoms with Gasteiger partial charge in [0.15, 0.2) is 5.69 Å². The molecule has 0 fully saturated rings. The molecule has 29 heavy (non-hydrogen) atoms. The Bertz CT molecular complexity index is 1190. The van der Waals surface area contributed by atoms with Gasteiger partial charge < -0.3 is 5.32 Å². The fourth-order valence-electron chi connectivity index (χ4n) is 3.08. The Hall–Kier alpha value is -2.61. The van der Waals surface area contributed by atoms with E-state index in [0.29, 0.717) is 21.4 Å². The Balaban J connectivity index is 1.78. The second kappa shape index (κ2) is 7.67. The molecule has 3 heterocycles. The zero-order chi connectivity index (χ0) is 20.7. The van der Waals surface area contributed by atoms with Crippen molar-refractivity contribution in [2.45, 2.75) is 13.8 Å². The molecule has 1 N–H and O–H groups in total. The smallest absolute Gasteiger partial charge is 0.276 e. The quantitative estimate of drug-likeness (QED) is 0.450. The van der Waals surface area contributed by atoms with Crippen molar-refractivity contribution in [3.63, 3.8) is 0 Å². The summed E-state index contributed by atoms with van der Waals surface area (Å²) in [4.78, 5) is 13.9. The maximum absolute atomic E-state index is 13.0. The number of nitrogens with zero attached hydrogens (tertiary/aromatic N) is 4. The Labute approximate surface area is 181 Å². The van der Waals surface area contributed by atoms with Crippen molar-refractivity contribution in [3.8, 4) is 16.3 Å². The van der Waals surface area contributed by atoms with Crippen LogP contribution in [-0.2, 0) is 7.05 Å². The molecule has 9 heteroatoms. The van der Waals surface area contributed by atoms with E-state index in [0.717, 1.165) is 22.0 Å². The Kier molecular flexibility index (Phi) is 5.21. The summed E-state index contributed by atoms with van der Waals surface area (Å²) in [6, 6.07) is 10.9. The minimum atomic E-state index is -0.311. The van der Waals surface area contributed by atoms with Crippen LogP contribution in [0.1, 0.15) is 21.9 Å². The van der Waals surface area contributed by atoms with Crippen LogP contribution in [0.3, 0.4) is 0 Å². The van der Waals surface area contributed by atoms with Crippen LogP contribution in [0.4, 0.5) is 5.69 Å². The molecule has 0 aliphatic carbocycles. The summed E-state index contributed by atoms with van der Waals surface area (Å²) < 4.78 is 3.41. The van der Waals surface area contributed by atoms with Crippen LogP contribution in [0.5, 0.6) is 0 Å². The highest BCUT2D eigenvalue weighted by atomic mass is 35.5. The van der Waals surface area contributed by atoms with Crippen molar-refractivity contribution in [3.05, 3.63) is 68.9 Å². The normalized spacial score (nSPS) is 11.1. The second-order valence-corrected chi connectivity index (χ2v) is 8.38. The highest BCUT2D eigenvalue weighted by Crippen LogP contribution is 2.30. The van der Waals surface area contributed by atoms with Crippen molar-refractivity contribution >= 4 is 46.1 Å². The van der Waals surface area contributed by atoms with E-state index in [-0.39, 0.29) is 11.6 Å². The van der Waals surface area contributed by atoms with E-state index in [1.54, 1.807) is 45.0 Å². The predicted molar refractivity (Wildman–Crippen MR) is 118 cm³/mol. The Morgan fingerprint density at radius 1 is 1.10 bits per heavy atom. The molecule has 0 bridgehead atoms. The highest BCUT2D eigenvalue weighted by Gasteiger charge is 2.20. The summed E-state index contributed by atoms with van der Waals surface area (Å²) in [5, 5.41) is 14.8. The fraction of sp³-hybridized carbons (Fsp3) is 0.150. The van der Waals surface area contributed by atoms with Crippen LogP contribution >= 0.6 is 34.5 Å². The molecule has 0 saturated carbocycles. The largest absolute Gasteiger partial charge is 0.317 e. The molecule has 0 atom stereocenters. The third-order valence-electron chi connectivity index (χ3n) is 4.56. The van der Waals surface area contributed by atoms with Gasteiger partial charge in [-0.25, -0.2) is 4.68 Å². The van der Waals surface area contributed by atoms with Gasteiger partial charge in [-0.05, 0) is 49.6 Å². The van der Waals surface area contributed by atoms with Crippen LogP contribution in [-0.4, -0.2) is 25.5 Å². The summed E-state index contributed by atoms with van der Waals surface area (Å²) >= 11 is 13.9. The molecule has 4 rings (SSSR count). The number of benzene rings is 1. The number of thiophene rings is 1. The fourth-order valence-corrected chi connectivity index (χ4v) is 4.32. The summed E-state index contributed by atoms with van der Waals surface area (Å²) in [7, 11) is 1.84. The van der Waals surface area contributed by atoms with Gasteiger partial charge in [0, 0.05) is 17.1 Å². The van der Waals surface area contributed by atoms with Crippen molar-refractivity contribution in [2.75, 3.05) is 5.32 Å². The third kappa shape index (κ3) is 3.81. The minimum absolute atomic E-state index is 0.284. The summed E-state index contributed by atoms with van der Waals surface area (Å²) in [6.07, 6.45) is 0. The molecule has 0 saturated heterocycles. The lowest BCUT2D eigenvalue weighted by atomic mass is 10.2. The lowest BCUT2D eigenvalue weighted by Gasteiger charge is -2.07. The van der Waals surface area contributed by atoms with E-state index < -0.39 is 0 Å². The number of carbonyl (C=O) groups excluding carboxylic acids is 1. The first kappa shape index (κ1) is 19.7. The topological polar surface area (TPSA) is 64.7 Å². The summed E-state index contributed by atoms with van der Waals surface area (Å²) in [5.74, 6) is -0.311. The van der Waals surface area contributed by atoms with Gasteiger partial charge in [-0.15, -0.1) is 11.3 Å². The number of halogens is 2. The van der Waals surface area contributed by atoms with Crippen LogP contribution in [0.25, 0.3) is 16.3 Å². The van der Waals surface area contributed by atoms with Crippen LogP contribution in [0.15, 0.2) is 41.8 Å². The maximum Gasteiger partial charge on any atom is 0.276 e. The zero-order valence-corrected chi connectivity index (χ0v) is 18.2. The van der Waals surface area contributed by atoms with E-state index in [9.17, 15) is 4.79 Å². The zero-order valence-electron chi connectivity index (χ0n) is 15.9. The minimum Gasteiger partial charge on any atom is -0.317 e. The Morgan fingerprint density at radius 2 is 1.83 bits per heavy atom. The van der Waals surface area contributed by atoms with E-state index in [1.165, 1.54) is 0 Å². The van der Waals surface area contributed by atoms with Crippen molar-refractivity contribution < 1.29 is 4.79 Å². The van der Waals surface area contributed by atoms with Crippen molar-refractivity contribution in [2.24, 2.45) is 7.05 Å². The van der Waals surface area contributed by atoms with E-state index in [4.69, 9.17) is 23.2 Å². The number of hydrogen-bond donors (Lipinski definition) is 1. The molecule has 0 unspecified atom stereocenters. The lowest BCUT2D eigenvalue weighted by molar-refractivity contribution is 0.102. The molecule has 6 nitrogen and oxygen atoms in total. The van der Waals surface area contributed by atoms with Gasteiger partial charge in [-0.3, -0.25) is 9.48 Å². The van der Waals surface area contributed by atoms with Gasteiger partial charge in [-0.2, -0.15) is 10.2 Å². The third-order valence-corrected chi connectivity index (χ3v) is 5.88. The van der Waals surface area contributed by atoms with E-state index in [1.807, 2.05) is 38.4 Å². The molecule has 1 aromatic carbocycles. The van der Waals surface area contributed by atoms with Gasteiger partial charge in [0.1, 0.15) is 0 Å². The summed E-state index contributed by atoms with van der Waals surface area (Å²) in [6.45, 7) is 3.76. The molecule has 3 aromatic heterocycles. The van der Waals surface area contributed by atoms with Crippen molar-refractivity contribution in [1.82, 2.24) is 19.6 Å². The number of amides is 1. The molecular formula is C20H17Cl2N5OS. The van der Waals surface area contributed by atoms with E-state index in [2.05, 4.69) is 15.5 Å². The molecule has 0 aliphatic rings. The number of anilines is 1. The van der Waals surface area contributed by atoms with Gasteiger partial charge in [0.05, 0.1) is 33.3 Å². The van der Waals surface area contributed by atoms with Crippen molar-refractivity contribution in [1.29, 1.82) is 0 Å². The van der Waals surface area contributed by atoms with Gasteiger partial charge in [0.2, 0.25) is 0 Å². The average molecular weight is 446 g/mol. The highest BCUT2D eigenvalue weighted by molar-refractivity contribution is 7.13. The van der Waals surface area contributed by atoms with Gasteiger partial charge in [-0.1, -0.05) is 29.3 Å². The molecule has 148 valence electrons. The SMILES string of the molecule is Cc1nn(C)c(C)c1NC(=O)c1cc(-c2cccs2)n(-c2cc(Cl)cc(Cl)c2)n1. The first-order valence-electron chi connectivity index (χ1n) is 8.75. The van der Waals surface area contributed by atoms with Crippen LogP contribution < -0.4 is 5.32 Å². The monoisotopic (exact) mass is 445 g/mol. The second-order valence-electron chi connectivity index (χ2n) is 6.56. The van der Waals surface area contributed by atoms with Crippen LogP contribution in [0, 0.1) is 13.8 Å². The average Bonchev–Trinajstić information content (AvgIpc) is 3.37. The summed E-state index contributed by atoms with van der Waals surface area (Å²) in [5.41, 5.74) is 4.05. The molecule has 0 spiro atoms. The molecular weight excluding hydrogens is 429 g/mol. The lowest BCUT2D eigenvalue weighted by Crippen LogP contribution is -2.14. The number of aryl methyl sites for hydroxylation is 2. The number of hydrogen-bond acceptors (Lipinski definition) is 4. The van der Waals surface area contributed by atoms with Gasteiger partial charge >= 0.3 is 0 Å². The first-order valence-corrected chi connectivity index (χ1v) is 10.4. The number of nitrogens with one attached hydrogen (secondary N) is 1. The first-order chi connectivity index (χ1) is 13.8. The molecule has 0 radical (unpaired) electrons. The molecule has 1 amide bonds. The van der Waals surface area contributed by atoms with E-state index >= 15 is 0 Å². The number of rotatable bonds is 4. The molecule has 0 aliphatic heterocycles. The maximum atomic E-state index is 13.0.